The fourth-order valence-electron chi connectivity index (χ4n) is 2.28. The first-order valence-electron chi connectivity index (χ1n) is 6.49. The molecule has 1 fully saturated rings. The number of piperidine rings is 1. The molecule has 1 aliphatic heterocycles. The number of furan rings is 1. The minimum Gasteiger partial charge on any atom is -0.472 e. The third-order valence-corrected chi connectivity index (χ3v) is 3.06. The number of carbonyl (C=O) groups excluding carboxylic acids is 1. The predicted octanol–water partition coefficient (Wildman–Crippen LogP) is 3.74. The average molecular weight is 251 g/mol. The van der Waals surface area contributed by atoms with Gasteiger partial charge in [0.1, 0.15) is 5.60 Å². The van der Waals surface area contributed by atoms with Gasteiger partial charge in [-0.3, -0.25) is 0 Å². The van der Waals surface area contributed by atoms with Crippen LogP contribution in [0.3, 0.4) is 0 Å². The number of rotatable bonds is 1. The van der Waals surface area contributed by atoms with Gasteiger partial charge in [0.05, 0.1) is 18.6 Å². The normalized spacial score (nSPS) is 20.8. The van der Waals surface area contributed by atoms with E-state index in [0.29, 0.717) is 0 Å². The molecule has 0 N–H and O–H groups in total. The molecule has 2 heterocycles. The lowest BCUT2D eigenvalue weighted by Gasteiger charge is -2.36. The van der Waals surface area contributed by atoms with Crippen molar-refractivity contribution in [3.05, 3.63) is 24.2 Å². The largest absolute Gasteiger partial charge is 0.472 e. The number of likely N-dealkylation sites (tertiary alicyclic amines) is 1. The van der Waals surface area contributed by atoms with E-state index < -0.39 is 5.60 Å². The van der Waals surface area contributed by atoms with Gasteiger partial charge in [0.25, 0.3) is 0 Å². The molecule has 0 saturated carbocycles. The van der Waals surface area contributed by atoms with Crippen molar-refractivity contribution in [1.29, 1.82) is 0 Å². The second-order valence-electron chi connectivity index (χ2n) is 5.74. The number of ether oxygens (including phenoxy) is 1. The summed E-state index contributed by atoms with van der Waals surface area (Å²) in [6.07, 6.45) is 6.28. The molecule has 0 aliphatic carbocycles. The Morgan fingerprint density at radius 3 is 2.83 bits per heavy atom. The van der Waals surface area contributed by atoms with Gasteiger partial charge in [-0.2, -0.15) is 0 Å². The van der Waals surface area contributed by atoms with Crippen LogP contribution in [0.4, 0.5) is 4.79 Å². The van der Waals surface area contributed by atoms with E-state index in [2.05, 4.69) is 0 Å². The molecule has 1 aromatic heterocycles. The molecule has 2 rings (SSSR count). The summed E-state index contributed by atoms with van der Waals surface area (Å²) in [5.41, 5.74) is 0.607. The van der Waals surface area contributed by atoms with Gasteiger partial charge in [-0.15, -0.1) is 0 Å². The number of hydrogen-bond donors (Lipinski definition) is 0. The minimum atomic E-state index is -0.449. The molecule has 0 bridgehead atoms. The van der Waals surface area contributed by atoms with Crippen LogP contribution < -0.4 is 0 Å². The van der Waals surface area contributed by atoms with Crippen LogP contribution in [0.2, 0.25) is 0 Å². The highest BCUT2D eigenvalue weighted by Gasteiger charge is 2.31. The zero-order chi connectivity index (χ0) is 13.2. The summed E-state index contributed by atoms with van der Waals surface area (Å²) in [6.45, 7) is 6.43. The Balaban J connectivity index is 2.11. The van der Waals surface area contributed by atoms with E-state index >= 15 is 0 Å². The number of nitrogens with zero attached hydrogens (tertiary/aromatic N) is 1. The van der Waals surface area contributed by atoms with Crippen molar-refractivity contribution in [1.82, 2.24) is 4.90 Å². The molecule has 4 nitrogen and oxygen atoms in total. The summed E-state index contributed by atoms with van der Waals surface area (Å²) < 4.78 is 10.6. The van der Waals surface area contributed by atoms with Gasteiger partial charge in [0, 0.05) is 12.1 Å². The molecule has 1 saturated heterocycles. The van der Waals surface area contributed by atoms with E-state index in [9.17, 15) is 4.79 Å². The first-order chi connectivity index (χ1) is 8.47. The summed E-state index contributed by atoms with van der Waals surface area (Å²) in [7, 11) is 0. The molecule has 1 amide bonds. The van der Waals surface area contributed by atoms with E-state index in [1.54, 1.807) is 12.5 Å². The predicted molar refractivity (Wildman–Crippen MR) is 68.2 cm³/mol. The van der Waals surface area contributed by atoms with Crippen LogP contribution in [0.25, 0.3) is 0 Å². The lowest BCUT2D eigenvalue weighted by atomic mass is 9.98. The lowest BCUT2D eigenvalue weighted by Crippen LogP contribution is -2.41. The highest BCUT2D eigenvalue weighted by atomic mass is 16.6. The fraction of sp³-hybridized carbons (Fsp3) is 0.643. The van der Waals surface area contributed by atoms with Crippen LogP contribution in [-0.4, -0.2) is 23.1 Å². The Labute approximate surface area is 108 Å². The third kappa shape index (κ3) is 3.06. The molecule has 4 heteroatoms. The summed E-state index contributed by atoms with van der Waals surface area (Å²) in [5, 5.41) is 0. The SMILES string of the molecule is CC(C)(C)OC(=O)N1CCCC[C@@H]1c1ccoc1. The lowest BCUT2D eigenvalue weighted by molar-refractivity contribution is 0.00946. The average Bonchev–Trinajstić information content (AvgIpc) is 2.80. The highest BCUT2D eigenvalue weighted by Crippen LogP contribution is 2.32. The molecule has 100 valence electrons. The van der Waals surface area contributed by atoms with Crippen molar-refractivity contribution in [3.63, 3.8) is 0 Å². The Bertz CT molecular complexity index is 392. The minimum absolute atomic E-state index is 0.0901. The van der Waals surface area contributed by atoms with Gasteiger partial charge >= 0.3 is 6.09 Å². The Hall–Kier alpha value is -1.45. The van der Waals surface area contributed by atoms with E-state index in [1.165, 1.54) is 0 Å². The summed E-state index contributed by atoms with van der Waals surface area (Å²) in [5.74, 6) is 0. The van der Waals surface area contributed by atoms with Crippen LogP contribution in [0.1, 0.15) is 51.6 Å². The molecule has 18 heavy (non-hydrogen) atoms. The zero-order valence-corrected chi connectivity index (χ0v) is 11.3. The maximum Gasteiger partial charge on any atom is 0.410 e. The quantitative estimate of drug-likeness (QED) is 0.763. The van der Waals surface area contributed by atoms with E-state index in [-0.39, 0.29) is 12.1 Å². The van der Waals surface area contributed by atoms with Gasteiger partial charge in [-0.1, -0.05) is 0 Å². The van der Waals surface area contributed by atoms with Crippen LogP contribution >= 0.6 is 0 Å². The smallest absolute Gasteiger partial charge is 0.410 e. The third-order valence-electron chi connectivity index (χ3n) is 3.06. The van der Waals surface area contributed by atoms with Crippen molar-refractivity contribution in [3.8, 4) is 0 Å². The van der Waals surface area contributed by atoms with Gasteiger partial charge in [-0.25, -0.2) is 4.79 Å². The Morgan fingerprint density at radius 1 is 1.44 bits per heavy atom. The second kappa shape index (κ2) is 5.04. The van der Waals surface area contributed by atoms with Crippen LogP contribution in [0.15, 0.2) is 23.0 Å². The molecular weight excluding hydrogens is 230 g/mol. The van der Waals surface area contributed by atoms with Gasteiger partial charge in [-0.05, 0) is 46.1 Å². The topological polar surface area (TPSA) is 42.7 Å². The van der Waals surface area contributed by atoms with Crippen molar-refractivity contribution >= 4 is 6.09 Å². The van der Waals surface area contributed by atoms with E-state index in [4.69, 9.17) is 9.15 Å². The van der Waals surface area contributed by atoms with Crippen molar-refractivity contribution in [2.45, 2.75) is 51.7 Å². The van der Waals surface area contributed by atoms with E-state index in [1.807, 2.05) is 31.7 Å². The monoisotopic (exact) mass is 251 g/mol. The van der Waals surface area contributed by atoms with Gasteiger partial charge in [0.2, 0.25) is 0 Å². The highest BCUT2D eigenvalue weighted by molar-refractivity contribution is 5.69. The molecule has 1 aromatic rings. The first-order valence-corrected chi connectivity index (χ1v) is 6.49. The van der Waals surface area contributed by atoms with E-state index in [0.717, 1.165) is 31.4 Å². The Kier molecular flexibility index (Phi) is 3.64. The standard InChI is InChI=1S/C14H21NO3/c1-14(2,3)18-13(16)15-8-5-4-6-12(15)11-7-9-17-10-11/h7,9-10,12H,4-6,8H2,1-3H3/t12-/m1/s1. The summed E-state index contributed by atoms with van der Waals surface area (Å²) in [4.78, 5) is 14.0. The van der Waals surface area contributed by atoms with Crippen molar-refractivity contribution < 1.29 is 13.9 Å². The number of amides is 1. The zero-order valence-electron chi connectivity index (χ0n) is 11.3. The molecule has 0 radical (unpaired) electrons. The molecule has 0 aromatic carbocycles. The van der Waals surface area contributed by atoms with Crippen molar-refractivity contribution in [2.24, 2.45) is 0 Å². The maximum atomic E-state index is 12.2. The number of carbonyl (C=O) groups is 1. The van der Waals surface area contributed by atoms with Gasteiger partial charge in [0.15, 0.2) is 0 Å². The number of hydrogen-bond acceptors (Lipinski definition) is 3. The Morgan fingerprint density at radius 2 is 2.22 bits per heavy atom. The van der Waals surface area contributed by atoms with Crippen molar-refractivity contribution in [2.75, 3.05) is 6.54 Å². The molecular formula is C14H21NO3. The molecule has 0 unspecified atom stereocenters. The summed E-state index contributed by atoms with van der Waals surface area (Å²) >= 11 is 0. The second-order valence-corrected chi connectivity index (χ2v) is 5.74. The molecule has 0 spiro atoms. The maximum absolute atomic E-state index is 12.2. The molecule has 1 atom stereocenters. The molecule has 1 aliphatic rings. The van der Waals surface area contributed by atoms with Crippen LogP contribution in [0, 0.1) is 0 Å². The fourth-order valence-corrected chi connectivity index (χ4v) is 2.28. The summed E-state index contributed by atoms with van der Waals surface area (Å²) in [6, 6.07) is 2.01. The first kappa shape index (κ1) is 13.0. The van der Waals surface area contributed by atoms with Crippen LogP contribution in [0.5, 0.6) is 0 Å². The van der Waals surface area contributed by atoms with Crippen LogP contribution in [-0.2, 0) is 4.74 Å². The van der Waals surface area contributed by atoms with Gasteiger partial charge < -0.3 is 14.1 Å².